The summed E-state index contributed by atoms with van der Waals surface area (Å²) in [5, 5.41) is 4.07. The van der Waals surface area contributed by atoms with Crippen molar-refractivity contribution in [1.29, 1.82) is 0 Å². The van der Waals surface area contributed by atoms with Crippen molar-refractivity contribution in [1.82, 2.24) is 24.8 Å². The summed E-state index contributed by atoms with van der Waals surface area (Å²) in [6.45, 7) is 4.73. The number of aromatic nitrogens is 4. The van der Waals surface area contributed by atoms with Crippen molar-refractivity contribution in [2.24, 2.45) is 0 Å². The SMILES string of the molecule is c1cc(-c2cnc(Nc3ccc(CN4CCCCC4)cn3)s2)nc(O[C@@H]2CCCOC2)n1. The zero-order valence-electron chi connectivity index (χ0n) is 18.1. The van der Waals surface area contributed by atoms with Crippen LogP contribution in [0.25, 0.3) is 10.6 Å². The molecule has 0 radical (unpaired) electrons. The molecule has 0 aromatic carbocycles. The van der Waals surface area contributed by atoms with Crippen LogP contribution in [0, 0.1) is 0 Å². The highest BCUT2D eigenvalue weighted by molar-refractivity contribution is 7.18. The Bertz CT molecular complexity index is 1000. The van der Waals surface area contributed by atoms with Gasteiger partial charge < -0.3 is 14.8 Å². The van der Waals surface area contributed by atoms with E-state index in [9.17, 15) is 0 Å². The average molecular weight is 453 g/mol. The number of nitrogens with one attached hydrogen (secondary N) is 1. The van der Waals surface area contributed by atoms with Gasteiger partial charge in [0.25, 0.3) is 0 Å². The standard InChI is InChI=1S/C23H28N6O2S/c1-2-10-29(11-3-1)15-17-6-7-21(25-13-17)28-23-26-14-20(32-23)19-8-9-24-22(27-19)31-18-5-4-12-30-16-18/h6-9,13-14,18H,1-5,10-12,15-16H2,(H,25,26,28)/t18-/m1/s1. The number of hydrogen-bond acceptors (Lipinski definition) is 9. The van der Waals surface area contributed by atoms with Crippen molar-refractivity contribution in [3.63, 3.8) is 0 Å². The Morgan fingerprint density at radius 2 is 2.00 bits per heavy atom. The van der Waals surface area contributed by atoms with Gasteiger partial charge in [-0.1, -0.05) is 23.8 Å². The number of hydrogen-bond donors (Lipinski definition) is 1. The fraction of sp³-hybridized carbons (Fsp3) is 0.478. The summed E-state index contributed by atoms with van der Waals surface area (Å²) in [7, 11) is 0. The van der Waals surface area contributed by atoms with Crippen LogP contribution in [-0.2, 0) is 11.3 Å². The van der Waals surface area contributed by atoms with E-state index in [0.717, 1.165) is 47.5 Å². The fourth-order valence-electron chi connectivity index (χ4n) is 4.02. The number of rotatable bonds is 7. The normalized spacial score (nSPS) is 19.6. The van der Waals surface area contributed by atoms with E-state index in [1.807, 2.05) is 24.5 Å². The molecule has 2 aliphatic heterocycles. The van der Waals surface area contributed by atoms with Crippen LogP contribution in [0.15, 0.2) is 36.8 Å². The molecule has 2 saturated heterocycles. The molecule has 0 spiro atoms. The molecule has 0 aliphatic carbocycles. The van der Waals surface area contributed by atoms with Gasteiger partial charge in [-0.2, -0.15) is 4.98 Å². The Morgan fingerprint density at radius 3 is 2.81 bits per heavy atom. The molecule has 5 heterocycles. The second-order valence-electron chi connectivity index (χ2n) is 8.22. The first-order valence-corrected chi connectivity index (χ1v) is 12.1. The maximum Gasteiger partial charge on any atom is 0.317 e. The van der Waals surface area contributed by atoms with Crippen molar-refractivity contribution >= 4 is 22.3 Å². The molecule has 3 aromatic heterocycles. The molecule has 2 fully saturated rings. The maximum atomic E-state index is 5.89. The smallest absolute Gasteiger partial charge is 0.317 e. The number of likely N-dealkylation sites (tertiary alicyclic amines) is 1. The predicted molar refractivity (Wildman–Crippen MR) is 124 cm³/mol. The zero-order valence-corrected chi connectivity index (χ0v) is 18.9. The van der Waals surface area contributed by atoms with Gasteiger partial charge in [0.15, 0.2) is 5.13 Å². The summed E-state index contributed by atoms with van der Waals surface area (Å²) in [4.78, 5) is 21.3. The average Bonchev–Trinajstić information content (AvgIpc) is 3.31. The number of pyridine rings is 1. The molecule has 168 valence electrons. The molecule has 0 saturated carbocycles. The molecule has 1 atom stereocenters. The maximum absolute atomic E-state index is 5.89. The van der Waals surface area contributed by atoms with Crippen molar-refractivity contribution < 1.29 is 9.47 Å². The molecule has 0 unspecified atom stereocenters. The second kappa shape index (κ2) is 10.3. The van der Waals surface area contributed by atoms with Crippen LogP contribution in [0.2, 0.25) is 0 Å². The minimum absolute atomic E-state index is 0.0154. The molecule has 8 nitrogen and oxygen atoms in total. The Labute approximate surface area is 192 Å². The second-order valence-corrected chi connectivity index (χ2v) is 9.26. The van der Waals surface area contributed by atoms with Crippen LogP contribution in [0.1, 0.15) is 37.7 Å². The molecule has 0 amide bonds. The van der Waals surface area contributed by atoms with Gasteiger partial charge in [0, 0.05) is 31.7 Å². The van der Waals surface area contributed by atoms with Crippen molar-refractivity contribution in [3.8, 4) is 16.6 Å². The third-order valence-corrected chi connectivity index (χ3v) is 6.63. The highest BCUT2D eigenvalue weighted by Crippen LogP contribution is 2.30. The summed E-state index contributed by atoms with van der Waals surface area (Å²) in [5.74, 6) is 0.789. The van der Waals surface area contributed by atoms with Gasteiger partial charge in [-0.05, 0) is 56.5 Å². The number of nitrogens with zero attached hydrogens (tertiary/aromatic N) is 5. The van der Waals surface area contributed by atoms with Gasteiger partial charge in [-0.25, -0.2) is 15.0 Å². The number of thiazole rings is 1. The summed E-state index contributed by atoms with van der Waals surface area (Å²) < 4.78 is 11.4. The lowest BCUT2D eigenvalue weighted by Gasteiger charge is -2.26. The highest BCUT2D eigenvalue weighted by Gasteiger charge is 2.17. The Hall–Kier alpha value is -2.62. The monoisotopic (exact) mass is 452 g/mol. The van der Waals surface area contributed by atoms with Gasteiger partial charge in [0.1, 0.15) is 11.9 Å². The molecule has 32 heavy (non-hydrogen) atoms. The fourth-order valence-corrected chi connectivity index (χ4v) is 4.81. The first-order valence-electron chi connectivity index (χ1n) is 11.3. The van der Waals surface area contributed by atoms with Gasteiger partial charge in [0.2, 0.25) is 0 Å². The third kappa shape index (κ3) is 5.59. The molecule has 2 aliphatic rings. The van der Waals surface area contributed by atoms with Crippen LogP contribution >= 0.6 is 11.3 Å². The first kappa shape index (κ1) is 21.2. The Morgan fingerprint density at radius 1 is 1.06 bits per heavy atom. The first-order chi connectivity index (χ1) is 15.8. The molecular weight excluding hydrogens is 424 g/mol. The lowest BCUT2D eigenvalue weighted by Crippen LogP contribution is -2.29. The largest absolute Gasteiger partial charge is 0.458 e. The van der Waals surface area contributed by atoms with E-state index in [2.05, 4.69) is 36.2 Å². The predicted octanol–water partition coefficient (Wildman–Crippen LogP) is 4.28. The van der Waals surface area contributed by atoms with Crippen LogP contribution in [0.4, 0.5) is 10.9 Å². The minimum Gasteiger partial charge on any atom is -0.458 e. The van der Waals surface area contributed by atoms with Crippen molar-refractivity contribution in [3.05, 3.63) is 42.4 Å². The number of ether oxygens (including phenoxy) is 2. The molecule has 0 bridgehead atoms. The van der Waals surface area contributed by atoms with Crippen molar-refractivity contribution in [2.75, 3.05) is 31.6 Å². The van der Waals surface area contributed by atoms with Crippen LogP contribution in [0.5, 0.6) is 6.01 Å². The quantitative estimate of drug-likeness (QED) is 0.568. The van der Waals surface area contributed by atoms with E-state index >= 15 is 0 Å². The highest BCUT2D eigenvalue weighted by atomic mass is 32.1. The summed E-state index contributed by atoms with van der Waals surface area (Å²) in [5.41, 5.74) is 2.04. The Kier molecular flexibility index (Phi) is 6.86. The van der Waals surface area contributed by atoms with Gasteiger partial charge in [-0.15, -0.1) is 0 Å². The molecular formula is C23H28N6O2S. The number of piperidine rings is 1. The van der Waals surface area contributed by atoms with Gasteiger partial charge >= 0.3 is 6.01 Å². The van der Waals surface area contributed by atoms with E-state index in [4.69, 9.17) is 9.47 Å². The minimum atomic E-state index is 0.0154. The molecule has 9 heteroatoms. The molecule has 3 aromatic rings. The van der Waals surface area contributed by atoms with E-state index in [0.29, 0.717) is 12.6 Å². The van der Waals surface area contributed by atoms with E-state index in [1.54, 1.807) is 6.20 Å². The van der Waals surface area contributed by atoms with Crippen LogP contribution in [-0.4, -0.2) is 57.2 Å². The summed E-state index contributed by atoms with van der Waals surface area (Å²) in [6, 6.07) is 6.41. The number of anilines is 2. The molecule has 1 N–H and O–H groups in total. The van der Waals surface area contributed by atoms with Crippen LogP contribution < -0.4 is 10.1 Å². The lowest BCUT2D eigenvalue weighted by molar-refractivity contribution is 0.00342. The van der Waals surface area contributed by atoms with Crippen molar-refractivity contribution in [2.45, 2.75) is 44.8 Å². The van der Waals surface area contributed by atoms with Gasteiger partial charge in [0.05, 0.1) is 17.2 Å². The van der Waals surface area contributed by atoms with E-state index in [1.165, 1.54) is 49.3 Å². The van der Waals surface area contributed by atoms with Crippen LogP contribution in [0.3, 0.4) is 0 Å². The summed E-state index contributed by atoms with van der Waals surface area (Å²) >= 11 is 1.53. The third-order valence-electron chi connectivity index (χ3n) is 5.70. The molecule has 5 rings (SSSR count). The zero-order chi connectivity index (χ0) is 21.6. The van der Waals surface area contributed by atoms with Gasteiger partial charge in [-0.3, -0.25) is 4.90 Å². The lowest BCUT2D eigenvalue weighted by atomic mass is 10.1. The topological polar surface area (TPSA) is 85.3 Å². The Balaban J connectivity index is 1.20. The van der Waals surface area contributed by atoms with E-state index < -0.39 is 0 Å². The van der Waals surface area contributed by atoms with E-state index in [-0.39, 0.29) is 6.10 Å². The summed E-state index contributed by atoms with van der Waals surface area (Å²) in [6.07, 6.45) is 11.4.